The highest BCUT2D eigenvalue weighted by atomic mass is 16.7. The van der Waals surface area contributed by atoms with E-state index in [2.05, 4.69) is 15.6 Å². The van der Waals surface area contributed by atoms with Crippen LogP contribution in [-0.2, 0) is 44.6 Å². The van der Waals surface area contributed by atoms with Crippen molar-refractivity contribution in [3.8, 4) is 0 Å². The molecule has 3 saturated heterocycles. The Bertz CT molecular complexity index is 1860. The summed E-state index contributed by atoms with van der Waals surface area (Å²) in [4.78, 5) is 77.3. The number of hydrogen-bond donors (Lipinski definition) is 3. The maximum Gasteiger partial charge on any atom is 0.412 e. The highest BCUT2D eigenvalue weighted by Crippen LogP contribution is 2.43. The molecule has 0 spiro atoms. The SMILES string of the molecule is CC[C@H]1OC(=O)[C@H](C)C(=O)[C@H](C)[C@@H](O[C@@H]2O[C@H](C)C[C@H](N(C)C)[C@H]2O)[C@](C)(OC)C[C@@H](C)C(=O)[C@H](C)[C@H]2N(CNC(=O)NCc3ccc4ncccc4c3)C(=O)O[C@]12C. The quantitative estimate of drug-likeness (QED) is 0.241. The number of aromatic nitrogens is 1. The lowest BCUT2D eigenvalue weighted by molar-refractivity contribution is -0.295. The number of benzene rings is 1. The molecular weight excluding hydrogens is 762 g/mol. The molecule has 3 aliphatic heterocycles. The number of aliphatic hydroxyl groups is 1. The molecule has 1 aromatic heterocycles. The Hall–Kier alpha value is -4.22. The number of nitrogens with zero attached hydrogens (tertiary/aromatic N) is 3. The van der Waals surface area contributed by atoms with Gasteiger partial charge in [0.1, 0.15) is 23.9 Å². The lowest BCUT2D eigenvalue weighted by Crippen LogP contribution is -2.60. The minimum atomic E-state index is -1.56. The normalized spacial score (nSPS) is 36.2. The van der Waals surface area contributed by atoms with Gasteiger partial charge in [-0.15, -0.1) is 0 Å². The average Bonchev–Trinajstić information content (AvgIpc) is 3.47. The Labute approximate surface area is 347 Å². The molecule has 3 amide bonds. The minimum Gasteiger partial charge on any atom is -0.458 e. The van der Waals surface area contributed by atoms with Gasteiger partial charge in [-0.05, 0) is 84.8 Å². The Balaban J connectivity index is 1.44. The Kier molecular flexibility index (Phi) is 14.4. The molecular formula is C43H63N5O11. The van der Waals surface area contributed by atoms with Crippen molar-refractivity contribution < 1.29 is 52.8 Å². The first-order chi connectivity index (χ1) is 27.8. The number of urea groups is 1. The van der Waals surface area contributed by atoms with Gasteiger partial charge in [-0.3, -0.25) is 24.3 Å². The third kappa shape index (κ3) is 9.57. The van der Waals surface area contributed by atoms with Crippen LogP contribution in [0.25, 0.3) is 10.9 Å². The summed E-state index contributed by atoms with van der Waals surface area (Å²) in [6.45, 7) is 13.4. The van der Waals surface area contributed by atoms with Crippen LogP contribution in [0.3, 0.4) is 0 Å². The first-order valence-electron chi connectivity index (χ1n) is 20.6. The molecule has 4 heterocycles. The van der Waals surface area contributed by atoms with Gasteiger partial charge in [-0.1, -0.05) is 39.8 Å². The van der Waals surface area contributed by atoms with Gasteiger partial charge in [0.2, 0.25) is 0 Å². The summed E-state index contributed by atoms with van der Waals surface area (Å²) in [6, 6.07) is 7.53. The van der Waals surface area contributed by atoms with E-state index in [4.69, 9.17) is 23.7 Å². The van der Waals surface area contributed by atoms with Crippen molar-refractivity contribution in [2.45, 2.75) is 135 Å². The fourth-order valence-corrected chi connectivity index (χ4v) is 9.28. The monoisotopic (exact) mass is 825 g/mol. The molecule has 1 aromatic carbocycles. The van der Waals surface area contributed by atoms with Crippen LogP contribution in [-0.4, -0.2) is 131 Å². The zero-order valence-corrected chi connectivity index (χ0v) is 36.2. The smallest absolute Gasteiger partial charge is 0.412 e. The number of fused-ring (bicyclic) bond motifs is 2. The van der Waals surface area contributed by atoms with Crippen LogP contribution in [0.1, 0.15) is 80.2 Å². The number of cyclic esters (lactones) is 1. The third-order valence-corrected chi connectivity index (χ3v) is 12.7. The lowest BCUT2D eigenvalue weighted by Gasteiger charge is -2.47. The summed E-state index contributed by atoms with van der Waals surface area (Å²) in [5, 5.41) is 17.9. The largest absolute Gasteiger partial charge is 0.458 e. The van der Waals surface area contributed by atoms with E-state index < -0.39 is 89.4 Å². The van der Waals surface area contributed by atoms with Crippen molar-refractivity contribution in [2.75, 3.05) is 27.9 Å². The highest BCUT2D eigenvalue weighted by molar-refractivity contribution is 6.00. The van der Waals surface area contributed by atoms with E-state index in [1.807, 2.05) is 56.3 Å². The van der Waals surface area contributed by atoms with Crippen LogP contribution in [0.15, 0.2) is 36.5 Å². The average molecular weight is 826 g/mol. The van der Waals surface area contributed by atoms with Gasteiger partial charge >= 0.3 is 18.1 Å². The molecule has 16 heteroatoms. The van der Waals surface area contributed by atoms with E-state index in [0.717, 1.165) is 16.5 Å². The predicted molar refractivity (Wildman–Crippen MR) is 217 cm³/mol. The Morgan fingerprint density at radius 3 is 2.41 bits per heavy atom. The number of carbonyl (C=O) groups excluding carboxylic acids is 5. The molecule has 13 atom stereocenters. The number of nitrogens with one attached hydrogen (secondary N) is 2. The Morgan fingerprint density at radius 2 is 1.75 bits per heavy atom. The van der Waals surface area contributed by atoms with E-state index in [9.17, 15) is 29.1 Å². The number of hydrogen-bond acceptors (Lipinski definition) is 13. The van der Waals surface area contributed by atoms with Crippen molar-refractivity contribution in [3.63, 3.8) is 0 Å². The van der Waals surface area contributed by atoms with Crippen molar-refractivity contribution in [1.82, 2.24) is 25.4 Å². The number of likely N-dealkylation sites (N-methyl/N-ethyl adjacent to an activating group) is 1. The minimum absolute atomic E-state index is 0.0597. The molecule has 59 heavy (non-hydrogen) atoms. The molecule has 0 bridgehead atoms. The molecule has 3 fully saturated rings. The van der Waals surface area contributed by atoms with Crippen molar-refractivity contribution in [2.24, 2.45) is 23.7 Å². The second-order valence-corrected chi connectivity index (χ2v) is 17.2. The Morgan fingerprint density at radius 1 is 1.03 bits per heavy atom. The number of aliphatic hydroxyl groups excluding tert-OH is 1. The fourth-order valence-electron chi connectivity index (χ4n) is 9.28. The zero-order valence-electron chi connectivity index (χ0n) is 36.2. The highest BCUT2D eigenvalue weighted by Gasteiger charge is 2.60. The van der Waals surface area contributed by atoms with Gasteiger partial charge < -0.3 is 44.3 Å². The van der Waals surface area contributed by atoms with Crippen LogP contribution in [0, 0.1) is 23.7 Å². The molecule has 3 aliphatic rings. The van der Waals surface area contributed by atoms with E-state index in [-0.39, 0.29) is 44.0 Å². The first kappa shape index (κ1) is 45.9. The molecule has 0 radical (unpaired) electrons. The van der Waals surface area contributed by atoms with Crippen LogP contribution >= 0.6 is 0 Å². The maximum atomic E-state index is 14.7. The van der Waals surface area contributed by atoms with Crippen LogP contribution < -0.4 is 10.6 Å². The summed E-state index contributed by atoms with van der Waals surface area (Å²) in [7, 11) is 5.17. The summed E-state index contributed by atoms with van der Waals surface area (Å²) in [5.74, 6) is -5.52. The number of amides is 3. The molecule has 0 unspecified atom stereocenters. The van der Waals surface area contributed by atoms with Gasteiger partial charge in [0.25, 0.3) is 0 Å². The first-order valence-corrected chi connectivity index (χ1v) is 20.6. The summed E-state index contributed by atoms with van der Waals surface area (Å²) in [5.41, 5.74) is -1.22. The molecule has 3 N–H and O–H groups in total. The molecule has 16 nitrogen and oxygen atoms in total. The van der Waals surface area contributed by atoms with Crippen LogP contribution in [0.2, 0.25) is 0 Å². The number of esters is 1. The van der Waals surface area contributed by atoms with E-state index in [1.165, 1.54) is 18.9 Å². The van der Waals surface area contributed by atoms with Gasteiger partial charge in [0, 0.05) is 49.0 Å². The molecule has 0 aliphatic carbocycles. The van der Waals surface area contributed by atoms with Crippen LogP contribution in [0.5, 0.6) is 0 Å². The van der Waals surface area contributed by atoms with E-state index in [1.54, 1.807) is 47.7 Å². The van der Waals surface area contributed by atoms with Gasteiger partial charge in [0.05, 0.1) is 36.0 Å². The second-order valence-electron chi connectivity index (χ2n) is 17.2. The van der Waals surface area contributed by atoms with Gasteiger partial charge in [0.15, 0.2) is 17.7 Å². The molecule has 2 aromatic rings. The van der Waals surface area contributed by atoms with Crippen molar-refractivity contribution >= 4 is 40.6 Å². The predicted octanol–water partition coefficient (Wildman–Crippen LogP) is 4.20. The standard InChI is InChI=1S/C43H63N5O11/c1-12-32-43(8)36(48(41(54)59-43)22-46-40(53)45-21-28-15-16-30-29(19-28)14-13-17-44-30)25(4)33(49)23(2)20-42(7,55-11)37(26(5)34(50)27(6)38(52)57-32)58-39-35(51)31(47(9)10)18-24(3)56-39/h13-17,19,23-27,31-32,35-37,39,51H,12,18,20-22H2,1-11H3,(H2,45,46,53)/t23-,24-,25+,26+,27-,31+,32-,35-,36-,37-,39+,42-,43-/m1/s1. The zero-order chi connectivity index (χ0) is 43.6. The fraction of sp³-hybridized carbons (Fsp3) is 0.674. The number of rotatable bonds is 9. The van der Waals surface area contributed by atoms with E-state index >= 15 is 0 Å². The number of ether oxygens (including phenoxy) is 5. The summed E-state index contributed by atoms with van der Waals surface area (Å²) < 4.78 is 30.9. The summed E-state index contributed by atoms with van der Waals surface area (Å²) >= 11 is 0. The third-order valence-electron chi connectivity index (χ3n) is 12.7. The molecule has 5 rings (SSSR count). The molecule has 0 saturated carbocycles. The maximum absolute atomic E-state index is 14.7. The molecule has 326 valence electrons. The number of carbonyl (C=O) groups is 5. The van der Waals surface area contributed by atoms with Gasteiger partial charge in [-0.2, -0.15) is 0 Å². The second kappa shape index (κ2) is 18.6. The number of ketones is 2. The van der Waals surface area contributed by atoms with Crippen molar-refractivity contribution in [3.05, 3.63) is 42.1 Å². The van der Waals surface area contributed by atoms with Crippen molar-refractivity contribution in [1.29, 1.82) is 0 Å². The number of methoxy groups -OCH3 is 1. The van der Waals surface area contributed by atoms with Gasteiger partial charge in [-0.25, -0.2) is 9.59 Å². The summed E-state index contributed by atoms with van der Waals surface area (Å²) in [6.07, 6.45) is -3.00. The topological polar surface area (TPSA) is 195 Å². The van der Waals surface area contributed by atoms with Crippen LogP contribution in [0.4, 0.5) is 9.59 Å². The lowest BCUT2D eigenvalue weighted by atomic mass is 9.73. The van der Waals surface area contributed by atoms with E-state index in [0.29, 0.717) is 6.42 Å². The number of pyridine rings is 1. The number of Topliss-reactive ketones (excluding diaryl/α,β-unsaturated/α-hetero) is 2.